The number of carbonyl (C=O) groups excluding carboxylic acids is 2. The first-order valence-electron chi connectivity index (χ1n) is 16.9. The summed E-state index contributed by atoms with van der Waals surface area (Å²) in [7, 11) is -1.28. The molecule has 1 aliphatic carbocycles. The normalized spacial score (nSPS) is 20.9. The van der Waals surface area contributed by atoms with E-state index in [2.05, 4.69) is 54.8 Å². The lowest BCUT2D eigenvalue weighted by Gasteiger charge is -2.49. The molecule has 1 N–H and O–H groups in total. The number of fused-ring (bicyclic) bond motifs is 2. The summed E-state index contributed by atoms with van der Waals surface area (Å²) in [6.07, 6.45) is 6.20. The first kappa shape index (κ1) is 35.6. The first-order chi connectivity index (χ1) is 22.5. The Bertz CT molecular complexity index is 1570. The monoisotopic (exact) mass is 677 g/mol. The maximum absolute atomic E-state index is 13.7. The van der Waals surface area contributed by atoms with Gasteiger partial charge in [0.2, 0.25) is 5.82 Å². The van der Waals surface area contributed by atoms with Crippen molar-refractivity contribution >= 4 is 37.2 Å². The highest BCUT2D eigenvalue weighted by Crippen LogP contribution is 2.40. The van der Waals surface area contributed by atoms with Gasteiger partial charge in [0.25, 0.3) is 5.91 Å². The number of rotatable bonds is 9. The van der Waals surface area contributed by atoms with Gasteiger partial charge in [0.1, 0.15) is 24.2 Å². The number of amides is 2. The quantitative estimate of drug-likeness (QED) is 0.246. The molecule has 2 amide bonds. The molecule has 0 aromatic carbocycles. The number of ether oxygens (including phenoxy) is 3. The number of nitrogens with zero attached hydrogens (tertiary/aromatic N) is 6. The number of carbonyl (C=O) groups is 2. The molecular formula is C35H51N7O5Si. The molecule has 2 aromatic rings. The molecule has 12 nitrogen and oxygen atoms in total. The molecular weight excluding hydrogens is 627 g/mol. The highest BCUT2D eigenvalue weighted by molar-refractivity contribution is 6.76. The average Bonchev–Trinajstić information content (AvgIpc) is 3.41. The molecule has 2 aromatic heterocycles. The van der Waals surface area contributed by atoms with Crippen LogP contribution in [0, 0.1) is 16.7 Å². The van der Waals surface area contributed by atoms with E-state index >= 15 is 0 Å². The van der Waals surface area contributed by atoms with Crippen molar-refractivity contribution in [2.75, 3.05) is 43.1 Å². The van der Waals surface area contributed by atoms with Gasteiger partial charge in [-0.05, 0) is 69.2 Å². The third kappa shape index (κ3) is 8.83. The zero-order valence-electron chi connectivity index (χ0n) is 29.8. The van der Waals surface area contributed by atoms with Gasteiger partial charge in [-0.3, -0.25) is 9.69 Å². The van der Waals surface area contributed by atoms with E-state index in [-0.39, 0.29) is 41.8 Å². The van der Waals surface area contributed by atoms with Gasteiger partial charge in [0.05, 0.1) is 36.7 Å². The molecule has 2 aliphatic heterocycles. The Balaban J connectivity index is 1.40. The number of nitriles is 1. The van der Waals surface area contributed by atoms with E-state index in [9.17, 15) is 14.9 Å². The van der Waals surface area contributed by atoms with Crippen molar-refractivity contribution in [3.8, 4) is 6.07 Å². The Hall–Kier alpha value is -3.73. The third-order valence-electron chi connectivity index (χ3n) is 8.92. The van der Waals surface area contributed by atoms with Gasteiger partial charge >= 0.3 is 6.09 Å². The van der Waals surface area contributed by atoms with Gasteiger partial charge in [-0.1, -0.05) is 39.6 Å². The zero-order valence-corrected chi connectivity index (χ0v) is 30.8. The van der Waals surface area contributed by atoms with Crippen LogP contribution in [0.15, 0.2) is 24.4 Å². The lowest BCUT2D eigenvalue weighted by atomic mass is 9.77. The van der Waals surface area contributed by atoms with Gasteiger partial charge in [-0.25, -0.2) is 14.8 Å². The number of imidazole rings is 1. The molecule has 2 atom stereocenters. The highest BCUT2D eigenvalue weighted by atomic mass is 28.3. The van der Waals surface area contributed by atoms with Crippen LogP contribution < -0.4 is 10.2 Å². The Morgan fingerprint density at radius 1 is 1.15 bits per heavy atom. The van der Waals surface area contributed by atoms with Crippen LogP contribution in [-0.4, -0.2) is 90.1 Å². The van der Waals surface area contributed by atoms with E-state index in [0.717, 1.165) is 42.4 Å². The number of anilines is 2. The smallest absolute Gasteiger partial charge is 0.411 e. The lowest BCUT2D eigenvalue weighted by Crippen LogP contribution is -2.66. The topological polar surface area (TPSA) is 135 Å². The molecule has 0 spiro atoms. The number of hydrogen-bond donors (Lipinski definition) is 1. The molecule has 48 heavy (non-hydrogen) atoms. The summed E-state index contributed by atoms with van der Waals surface area (Å²) in [5.41, 5.74) is 2.14. The summed E-state index contributed by atoms with van der Waals surface area (Å²) in [5.74, 6) is 0.452. The number of allylic oxidation sites excluding steroid dienone is 2. The standard InChI is InChI=1S/C35H51N7O5Si/c1-34(2,3)47-33(44)42-26-19-40(20-27(42)22-46-21-26)29-10-9-28(30(39-29)24-11-13-35(4,5)14-12-24)38-32(43)31-37-25(17-36)18-41(31)23-45-15-16-48(6,7)8/h9-11,18,26-27H,12-16,19-23H2,1-8H3,(H,38,43). The Morgan fingerprint density at radius 2 is 1.85 bits per heavy atom. The summed E-state index contributed by atoms with van der Waals surface area (Å²) < 4.78 is 19.1. The molecule has 2 unspecified atom stereocenters. The SMILES string of the molecule is CC1(C)CC=C(c2nc(N3CC4COCC(C3)N4C(=O)OC(C)(C)C)ccc2NC(=O)c2nc(C#N)cn2COCC[Si](C)(C)C)CC1. The fraction of sp³-hybridized carbons (Fsp3) is 0.629. The summed E-state index contributed by atoms with van der Waals surface area (Å²) in [4.78, 5) is 40.4. The maximum atomic E-state index is 13.7. The van der Waals surface area contributed by atoms with Crippen LogP contribution in [0.2, 0.25) is 25.7 Å². The number of pyridine rings is 1. The number of hydrogen-bond acceptors (Lipinski definition) is 9. The van der Waals surface area contributed by atoms with Gasteiger partial charge < -0.3 is 29.0 Å². The van der Waals surface area contributed by atoms with Crippen molar-refractivity contribution < 1.29 is 23.8 Å². The fourth-order valence-corrected chi connectivity index (χ4v) is 6.95. The predicted molar refractivity (Wildman–Crippen MR) is 188 cm³/mol. The van der Waals surface area contributed by atoms with Crippen LogP contribution in [0.1, 0.15) is 75.9 Å². The van der Waals surface area contributed by atoms with E-state index in [1.54, 1.807) is 10.8 Å². The van der Waals surface area contributed by atoms with Gasteiger partial charge in [-0.2, -0.15) is 5.26 Å². The maximum Gasteiger partial charge on any atom is 0.411 e. The summed E-state index contributed by atoms with van der Waals surface area (Å²) >= 11 is 0. The summed E-state index contributed by atoms with van der Waals surface area (Å²) in [5, 5.41) is 12.6. The molecule has 13 heteroatoms. The van der Waals surface area contributed by atoms with Gasteiger partial charge in [0, 0.05) is 34.0 Å². The largest absolute Gasteiger partial charge is 0.444 e. The predicted octanol–water partition coefficient (Wildman–Crippen LogP) is 6.13. The second kappa shape index (κ2) is 14.0. The van der Waals surface area contributed by atoms with Crippen LogP contribution >= 0.6 is 0 Å². The average molecular weight is 678 g/mol. The van der Waals surface area contributed by atoms with Crippen molar-refractivity contribution in [1.29, 1.82) is 5.26 Å². The van der Waals surface area contributed by atoms with Crippen molar-refractivity contribution in [3.05, 3.63) is 41.6 Å². The Kier molecular flexibility index (Phi) is 10.4. The van der Waals surface area contributed by atoms with E-state index in [0.29, 0.717) is 38.6 Å². The van der Waals surface area contributed by atoms with E-state index in [1.807, 2.05) is 43.9 Å². The summed E-state index contributed by atoms with van der Waals surface area (Å²) in [6, 6.07) is 6.50. The Morgan fingerprint density at radius 3 is 2.46 bits per heavy atom. The Labute approximate surface area is 285 Å². The molecule has 0 radical (unpaired) electrons. The molecule has 0 saturated carbocycles. The fourth-order valence-electron chi connectivity index (χ4n) is 6.19. The third-order valence-corrected chi connectivity index (χ3v) is 10.6. The van der Waals surface area contributed by atoms with E-state index < -0.39 is 19.6 Å². The van der Waals surface area contributed by atoms with E-state index in [4.69, 9.17) is 19.2 Å². The van der Waals surface area contributed by atoms with Crippen molar-refractivity contribution in [2.24, 2.45) is 5.41 Å². The molecule has 260 valence electrons. The number of nitrogens with one attached hydrogen (secondary N) is 1. The minimum absolute atomic E-state index is 0.111. The second-order valence-corrected chi connectivity index (χ2v) is 21.8. The van der Waals surface area contributed by atoms with Crippen molar-refractivity contribution in [1.82, 2.24) is 19.4 Å². The molecule has 5 rings (SSSR count). The van der Waals surface area contributed by atoms with Gasteiger partial charge in [0.15, 0.2) is 5.69 Å². The van der Waals surface area contributed by atoms with E-state index in [1.165, 1.54) is 0 Å². The van der Waals surface area contributed by atoms with Gasteiger partial charge in [-0.15, -0.1) is 0 Å². The van der Waals surface area contributed by atoms with Crippen LogP contribution in [0.25, 0.3) is 5.57 Å². The van der Waals surface area contributed by atoms with Crippen molar-refractivity contribution in [3.63, 3.8) is 0 Å². The van der Waals surface area contributed by atoms with Crippen LogP contribution in [-0.2, 0) is 20.9 Å². The number of aromatic nitrogens is 3. The number of piperazine rings is 1. The molecule has 2 fully saturated rings. The minimum Gasteiger partial charge on any atom is -0.444 e. The molecule has 3 aliphatic rings. The lowest BCUT2D eigenvalue weighted by molar-refractivity contribution is -0.0666. The number of morpholine rings is 1. The minimum atomic E-state index is -1.28. The molecule has 4 heterocycles. The van der Waals surface area contributed by atoms with Crippen LogP contribution in [0.5, 0.6) is 0 Å². The second-order valence-electron chi connectivity index (χ2n) is 16.1. The molecule has 2 bridgehead atoms. The molecule has 2 saturated heterocycles. The van der Waals surface area contributed by atoms with Crippen LogP contribution in [0.4, 0.5) is 16.3 Å². The first-order valence-corrected chi connectivity index (χ1v) is 20.6. The van der Waals surface area contributed by atoms with Crippen molar-refractivity contribution in [2.45, 2.75) is 104 Å². The zero-order chi connectivity index (χ0) is 34.9. The summed E-state index contributed by atoms with van der Waals surface area (Å²) in [6.45, 7) is 19.6. The van der Waals surface area contributed by atoms with Crippen LogP contribution in [0.3, 0.4) is 0 Å². The highest BCUT2D eigenvalue weighted by Gasteiger charge is 2.43.